The van der Waals surface area contributed by atoms with Gasteiger partial charge < -0.3 is 14.7 Å². The summed E-state index contributed by atoms with van der Waals surface area (Å²) in [6.07, 6.45) is 0. The average molecular weight is 292 g/mol. The number of likely N-dealkylation sites (N-methyl/N-ethyl adjacent to an activating group) is 1. The van der Waals surface area contributed by atoms with Gasteiger partial charge in [0.2, 0.25) is 5.91 Å². The number of nitrogens with zero attached hydrogens (tertiary/aromatic N) is 2. The molecule has 1 fully saturated rings. The first-order chi connectivity index (χ1) is 10.1. The van der Waals surface area contributed by atoms with E-state index in [1.165, 1.54) is 5.56 Å². The van der Waals surface area contributed by atoms with Gasteiger partial charge in [0, 0.05) is 20.1 Å². The van der Waals surface area contributed by atoms with Crippen LogP contribution in [0.15, 0.2) is 24.3 Å². The SMILES string of the molecule is Cc1ccc(CN(C)C(=O)CN2CCOCC2CO)cc1. The maximum atomic E-state index is 12.3. The Morgan fingerprint density at radius 1 is 1.43 bits per heavy atom. The molecule has 5 heteroatoms. The molecule has 1 heterocycles. The summed E-state index contributed by atoms with van der Waals surface area (Å²) >= 11 is 0. The van der Waals surface area contributed by atoms with Crippen LogP contribution in [0.5, 0.6) is 0 Å². The van der Waals surface area contributed by atoms with E-state index >= 15 is 0 Å². The number of ether oxygens (including phenoxy) is 1. The third-order valence-corrected chi connectivity index (χ3v) is 3.86. The summed E-state index contributed by atoms with van der Waals surface area (Å²) in [6, 6.07) is 8.12. The van der Waals surface area contributed by atoms with Gasteiger partial charge in [-0.05, 0) is 12.5 Å². The van der Waals surface area contributed by atoms with Gasteiger partial charge >= 0.3 is 0 Å². The van der Waals surface area contributed by atoms with Crippen LogP contribution >= 0.6 is 0 Å². The van der Waals surface area contributed by atoms with E-state index in [2.05, 4.69) is 12.1 Å². The van der Waals surface area contributed by atoms with E-state index in [0.29, 0.717) is 32.8 Å². The highest BCUT2D eigenvalue weighted by atomic mass is 16.5. The van der Waals surface area contributed by atoms with Crippen LogP contribution in [-0.4, -0.2) is 66.8 Å². The largest absolute Gasteiger partial charge is 0.395 e. The molecule has 21 heavy (non-hydrogen) atoms. The monoisotopic (exact) mass is 292 g/mol. The second-order valence-corrected chi connectivity index (χ2v) is 5.62. The summed E-state index contributed by atoms with van der Waals surface area (Å²) in [7, 11) is 1.82. The van der Waals surface area contributed by atoms with E-state index in [1.807, 2.05) is 31.0 Å². The second kappa shape index (κ2) is 7.54. The number of hydrogen-bond acceptors (Lipinski definition) is 4. The van der Waals surface area contributed by atoms with E-state index in [4.69, 9.17) is 4.74 Å². The molecule has 1 unspecified atom stereocenters. The van der Waals surface area contributed by atoms with Crippen molar-refractivity contribution in [3.05, 3.63) is 35.4 Å². The molecule has 1 aliphatic heterocycles. The Hall–Kier alpha value is -1.43. The molecule has 2 rings (SSSR count). The fourth-order valence-corrected chi connectivity index (χ4v) is 2.42. The van der Waals surface area contributed by atoms with Crippen LogP contribution < -0.4 is 0 Å². The van der Waals surface area contributed by atoms with E-state index in [1.54, 1.807) is 4.90 Å². The third-order valence-electron chi connectivity index (χ3n) is 3.86. The maximum Gasteiger partial charge on any atom is 0.236 e. The Labute approximate surface area is 126 Å². The van der Waals surface area contributed by atoms with Gasteiger partial charge in [-0.1, -0.05) is 29.8 Å². The molecular weight excluding hydrogens is 268 g/mol. The van der Waals surface area contributed by atoms with E-state index < -0.39 is 0 Å². The lowest BCUT2D eigenvalue weighted by atomic mass is 10.1. The first-order valence-corrected chi connectivity index (χ1v) is 7.32. The molecule has 0 bridgehead atoms. The molecule has 1 aliphatic rings. The fraction of sp³-hybridized carbons (Fsp3) is 0.562. The van der Waals surface area contributed by atoms with Gasteiger partial charge in [-0.3, -0.25) is 9.69 Å². The van der Waals surface area contributed by atoms with Crippen LogP contribution in [0, 0.1) is 6.92 Å². The molecule has 1 aromatic carbocycles. The summed E-state index contributed by atoms with van der Waals surface area (Å²) in [4.78, 5) is 16.0. The normalized spacial score (nSPS) is 19.5. The summed E-state index contributed by atoms with van der Waals surface area (Å²) in [6.45, 7) is 4.80. The van der Waals surface area contributed by atoms with Gasteiger partial charge in [0.1, 0.15) is 0 Å². The molecule has 1 N–H and O–H groups in total. The average Bonchev–Trinajstić information content (AvgIpc) is 2.50. The van der Waals surface area contributed by atoms with Crippen LogP contribution in [0.1, 0.15) is 11.1 Å². The Bertz CT molecular complexity index is 461. The van der Waals surface area contributed by atoms with Crippen LogP contribution in [0.2, 0.25) is 0 Å². The minimum Gasteiger partial charge on any atom is -0.395 e. The van der Waals surface area contributed by atoms with Crippen LogP contribution in [0.25, 0.3) is 0 Å². The first kappa shape index (κ1) is 15.9. The standard InChI is InChI=1S/C16H24N2O3/c1-13-3-5-14(6-4-13)9-17(2)16(20)10-18-7-8-21-12-15(18)11-19/h3-6,15,19H,7-12H2,1-2H3. The van der Waals surface area contributed by atoms with Crippen molar-refractivity contribution in [3.8, 4) is 0 Å². The minimum atomic E-state index is -0.0736. The molecule has 1 saturated heterocycles. The molecule has 5 nitrogen and oxygen atoms in total. The van der Waals surface area contributed by atoms with Crippen molar-refractivity contribution in [2.45, 2.75) is 19.5 Å². The van der Waals surface area contributed by atoms with Crippen molar-refractivity contribution >= 4 is 5.91 Å². The number of carbonyl (C=O) groups is 1. The quantitative estimate of drug-likeness (QED) is 0.865. The number of hydrogen-bond donors (Lipinski definition) is 1. The minimum absolute atomic E-state index is 0.0228. The topological polar surface area (TPSA) is 53.0 Å². The second-order valence-electron chi connectivity index (χ2n) is 5.62. The molecule has 0 saturated carbocycles. The van der Waals surface area contributed by atoms with Gasteiger partial charge in [-0.2, -0.15) is 0 Å². The van der Waals surface area contributed by atoms with Gasteiger partial charge in [-0.15, -0.1) is 0 Å². The highest BCUT2D eigenvalue weighted by molar-refractivity contribution is 5.78. The Kier molecular flexibility index (Phi) is 5.73. The van der Waals surface area contributed by atoms with Crippen LogP contribution in [-0.2, 0) is 16.1 Å². The van der Waals surface area contributed by atoms with Gasteiger partial charge in [0.25, 0.3) is 0 Å². The van der Waals surface area contributed by atoms with Crippen molar-refractivity contribution in [3.63, 3.8) is 0 Å². The fourth-order valence-electron chi connectivity index (χ4n) is 2.42. The molecule has 1 atom stereocenters. The van der Waals surface area contributed by atoms with Gasteiger partial charge in [0.15, 0.2) is 0 Å². The lowest BCUT2D eigenvalue weighted by molar-refractivity contribution is -0.134. The highest BCUT2D eigenvalue weighted by Gasteiger charge is 2.25. The molecule has 0 aliphatic carbocycles. The highest BCUT2D eigenvalue weighted by Crippen LogP contribution is 2.09. The molecule has 0 aromatic heterocycles. The number of benzene rings is 1. The lowest BCUT2D eigenvalue weighted by Gasteiger charge is -2.34. The maximum absolute atomic E-state index is 12.3. The molecule has 0 radical (unpaired) electrons. The number of morpholine rings is 1. The summed E-state index contributed by atoms with van der Waals surface area (Å²) in [5.41, 5.74) is 2.34. The Balaban J connectivity index is 1.88. The predicted octanol–water partition coefficient (Wildman–Crippen LogP) is 0.647. The summed E-state index contributed by atoms with van der Waals surface area (Å²) in [5, 5.41) is 9.33. The zero-order valence-corrected chi connectivity index (χ0v) is 12.8. The van der Waals surface area contributed by atoms with Crippen LogP contribution in [0.3, 0.4) is 0 Å². The van der Waals surface area contributed by atoms with E-state index in [-0.39, 0.29) is 18.6 Å². The number of aliphatic hydroxyl groups excluding tert-OH is 1. The first-order valence-electron chi connectivity index (χ1n) is 7.32. The van der Waals surface area contributed by atoms with Crippen molar-refractivity contribution < 1.29 is 14.6 Å². The molecule has 116 valence electrons. The van der Waals surface area contributed by atoms with Crippen molar-refractivity contribution in [2.75, 3.05) is 40.0 Å². The lowest BCUT2D eigenvalue weighted by Crippen LogP contribution is -2.51. The number of amides is 1. The van der Waals surface area contributed by atoms with Crippen molar-refractivity contribution in [1.29, 1.82) is 0 Å². The zero-order valence-electron chi connectivity index (χ0n) is 12.8. The van der Waals surface area contributed by atoms with Crippen molar-refractivity contribution in [2.24, 2.45) is 0 Å². The van der Waals surface area contributed by atoms with E-state index in [9.17, 15) is 9.90 Å². The Morgan fingerprint density at radius 3 is 2.81 bits per heavy atom. The molecule has 0 spiro atoms. The third kappa shape index (κ3) is 4.52. The van der Waals surface area contributed by atoms with Gasteiger partial charge in [0.05, 0.1) is 32.4 Å². The number of rotatable bonds is 5. The predicted molar refractivity (Wildman–Crippen MR) is 80.9 cm³/mol. The Morgan fingerprint density at radius 2 is 2.14 bits per heavy atom. The number of aryl methyl sites for hydroxylation is 1. The smallest absolute Gasteiger partial charge is 0.236 e. The summed E-state index contributed by atoms with van der Waals surface area (Å²) in [5.74, 6) is 0.0657. The van der Waals surface area contributed by atoms with Crippen LogP contribution in [0.4, 0.5) is 0 Å². The van der Waals surface area contributed by atoms with E-state index in [0.717, 1.165) is 5.56 Å². The molecule has 1 amide bonds. The number of carbonyl (C=O) groups excluding carboxylic acids is 1. The number of aliphatic hydroxyl groups is 1. The van der Waals surface area contributed by atoms with Gasteiger partial charge in [-0.25, -0.2) is 0 Å². The summed E-state index contributed by atoms with van der Waals surface area (Å²) < 4.78 is 5.33. The molecular formula is C16H24N2O3. The zero-order chi connectivity index (χ0) is 15.2. The molecule has 1 aromatic rings. The van der Waals surface area contributed by atoms with Crippen molar-refractivity contribution in [1.82, 2.24) is 9.80 Å².